The molecule has 0 saturated carbocycles. The van der Waals surface area contributed by atoms with Gasteiger partial charge in [-0.05, 0) is 66.5 Å². The molecule has 0 amide bonds. The summed E-state index contributed by atoms with van der Waals surface area (Å²) in [6, 6.07) is 29.7. The molecule has 0 bridgehead atoms. The second-order valence-corrected chi connectivity index (χ2v) is 12.0. The fraction of sp³-hybridized carbons (Fsp3) is 0.237. The molecular weight excluding hydrogens is 535 g/mol. The molecule has 6 atom stereocenters. The molecule has 216 valence electrons. The van der Waals surface area contributed by atoms with Crippen LogP contribution in [-0.4, -0.2) is 11.1 Å². The summed E-state index contributed by atoms with van der Waals surface area (Å²) < 4.78 is 14.1. The van der Waals surface area contributed by atoms with Crippen molar-refractivity contribution in [2.45, 2.75) is 43.7 Å². The number of carbonyl (C=O) groups is 1. The number of fused-ring (bicyclic) bond motifs is 6. The summed E-state index contributed by atoms with van der Waals surface area (Å²) in [4.78, 5) is 11.6. The minimum atomic E-state index is -0.877. The number of benzene rings is 4. The van der Waals surface area contributed by atoms with E-state index in [0.29, 0.717) is 23.3 Å². The lowest BCUT2D eigenvalue weighted by molar-refractivity contribution is 0.0697. The van der Waals surface area contributed by atoms with E-state index >= 15 is 0 Å². The second kappa shape index (κ2) is 11.2. The van der Waals surface area contributed by atoms with E-state index in [4.69, 9.17) is 0 Å². The Balaban J connectivity index is 0.000000141. The molecule has 43 heavy (non-hydrogen) atoms. The highest BCUT2D eigenvalue weighted by atomic mass is 19.1. The highest BCUT2D eigenvalue weighted by molar-refractivity contribution is 5.95. The van der Waals surface area contributed by atoms with E-state index in [1.165, 1.54) is 16.7 Å². The zero-order valence-electron chi connectivity index (χ0n) is 24.1. The number of nitrogens with one attached hydrogen (secondary N) is 2. The van der Waals surface area contributed by atoms with Crippen LogP contribution in [0.2, 0.25) is 0 Å². The van der Waals surface area contributed by atoms with Crippen molar-refractivity contribution in [3.05, 3.63) is 154 Å². The Morgan fingerprint density at radius 3 is 2.14 bits per heavy atom. The van der Waals surface area contributed by atoms with Crippen molar-refractivity contribution in [3.63, 3.8) is 0 Å². The SMILES string of the molecule is Cc1cccc(C2Nc3c(C(=O)O)cccc3C3C=CCC32)c1.Fc1ccccc1C1Nc2ccccc2C2C=CCC21. The molecule has 8 rings (SSSR count). The minimum Gasteiger partial charge on any atom is -0.478 e. The average molecular weight is 571 g/mol. The minimum absolute atomic E-state index is 0.0473. The normalized spacial score (nSPS) is 25.6. The molecule has 4 aromatic carbocycles. The van der Waals surface area contributed by atoms with Crippen LogP contribution in [0.15, 0.2) is 115 Å². The summed E-state index contributed by atoms with van der Waals surface area (Å²) in [5.74, 6) is 0.538. The highest BCUT2D eigenvalue weighted by Crippen LogP contribution is 2.51. The van der Waals surface area contributed by atoms with Crippen molar-refractivity contribution < 1.29 is 14.3 Å². The van der Waals surface area contributed by atoms with Gasteiger partial charge in [-0.3, -0.25) is 0 Å². The molecule has 0 fully saturated rings. The van der Waals surface area contributed by atoms with Gasteiger partial charge in [-0.1, -0.05) is 103 Å². The first-order chi connectivity index (χ1) is 21.0. The molecule has 2 aliphatic heterocycles. The maximum Gasteiger partial charge on any atom is 0.337 e. The Bertz CT molecular complexity index is 1740. The Morgan fingerprint density at radius 1 is 0.744 bits per heavy atom. The third kappa shape index (κ3) is 4.93. The van der Waals surface area contributed by atoms with Crippen LogP contribution in [0.25, 0.3) is 0 Å². The van der Waals surface area contributed by atoms with Crippen molar-refractivity contribution in [3.8, 4) is 0 Å². The molecule has 0 spiro atoms. The lowest BCUT2D eigenvalue weighted by Gasteiger charge is -2.38. The van der Waals surface area contributed by atoms with Crippen LogP contribution < -0.4 is 10.6 Å². The predicted molar refractivity (Wildman–Crippen MR) is 170 cm³/mol. The van der Waals surface area contributed by atoms with Crippen LogP contribution in [0.4, 0.5) is 15.8 Å². The fourth-order valence-electron chi connectivity index (χ4n) is 7.57. The fourth-order valence-corrected chi connectivity index (χ4v) is 7.57. The third-order valence-electron chi connectivity index (χ3n) is 9.54. The van der Waals surface area contributed by atoms with Crippen LogP contribution in [0, 0.1) is 24.6 Å². The molecule has 5 heteroatoms. The number of para-hydroxylation sites is 2. The molecule has 3 N–H and O–H groups in total. The topological polar surface area (TPSA) is 61.4 Å². The van der Waals surface area contributed by atoms with Crippen molar-refractivity contribution >= 4 is 17.3 Å². The Labute approximate surface area is 252 Å². The van der Waals surface area contributed by atoms with E-state index in [0.717, 1.165) is 35.3 Å². The van der Waals surface area contributed by atoms with E-state index in [1.807, 2.05) is 24.3 Å². The van der Waals surface area contributed by atoms with Gasteiger partial charge in [0.1, 0.15) is 5.82 Å². The first kappa shape index (κ1) is 27.2. The number of carboxylic acids is 1. The van der Waals surface area contributed by atoms with E-state index in [2.05, 4.69) is 90.4 Å². The number of anilines is 2. The molecule has 0 saturated heterocycles. The largest absolute Gasteiger partial charge is 0.478 e. The van der Waals surface area contributed by atoms with Gasteiger partial charge in [-0.15, -0.1) is 0 Å². The molecule has 0 aromatic heterocycles. The van der Waals surface area contributed by atoms with Crippen molar-refractivity contribution in [1.82, 2.24) is 0 Å². The predicted octanol–water partition coefficient (Wildman–Crippen LogP) is 9.17. The van der Waals surface area contributed by atoms with Crippen molar-refractivity contribution in [2.24, 2.45) is 11.8 Å². The second-order valence-electron chi connectivity index (χ2n) is 12.0. The summed E-state index contributed by atoms with van der Waals surface area (Å²) in [5.41, 5.74) is 7.94. The maximum atomic E-state index is 14.1. The van der Waals surface area contributed by atoms with Gasteiger partial charge < -0.3 is 15.7 Å². The van der Waals surface area contributed by atoms with Gasteiger partial charge in [0.05, 0.1) is 23.3 Å². The Kier molecular flexibility index (Phi) is 7.10. The number of hydrogen-bond donors (Lipinski definition) is 3. The lowest BCUT2D eigenvalue weighted by Crippen LogP contribution is -2.30. The first-order valence-corrected chi connectivity index (χ1v) is 15.1. The number of allylic oxidation sites excluding steroid dienone is 4. The molecule has 4 aromatic rings. The molecular formula is C38H35FN2O2. The van der Waals surface area contributed by atoms with Crippen LogP contribution in [0.5, 0.6) is 0 Å². The van der Waals surface area contributed by atoms with Gasteiger partial charge in [0.15, 0.2) is 0 Å². The van der Waals surface area contributed by atoms with Crippen molar-refractivity contribution in [1.29, 1.82) is 0 Å². The summed E-state index contributed by atoms with van der Waals surface area (Å²) in [6.07, 6.45) is 11.0. The van der Waals surface area contributed by atoms with Gasteiger partial charge in [0, 0.05) is 23.1 Å². The van der Waals surface area contributed by atoms with E-state index in [1.54, 1.807) is 18.2 Å². The summed E-state index contributed by atoms with van der Waals surface area (Å²) in [7, 11) is 0. The van der Waals surface area contributed by atoms with Crippen LogP contribution in [-0.2, 0) is 0 Å². The molecule has 0 radical (unpaired) electrons. The van der Waals surface area contributed by atoms with Gasteiger partial charge in [-0.2, -0.15) is 0 Å². The highest BCUT2D eigenvalue weighted by Gasteiger charge is 2.40. The number of hydrogen-bond acceptors (Lipinski definition) is 3. The summed E-state index contributed by atoms with van der Waals surface area (Å²) in [6.45, 7) is 2.09. The lowest BCUT2D eigenvalue weighted by atomic mass is 9.76. The van der Waals surface area contributed by atoms with Crippen molar-refractivity contribution in [2.75, 3.05) is 10.6 Å². The molecule has 4 aliphatic rings. The van der Waals surface area contributed by atoms with Crippen LogP contribution in [0.1, 0.15) is 74.9 Å². The summed E-state index contributed by atoms with van der Waals surface area (Å²) in [5, 5.41) is 16.6. The van der Waals surface area contributed by atoms with Crippen LogP contribution >= 0.6 is 0 Å². The first-order valence-electron chi connectivity index (χ1n) is 15.1. The number of halogens is 1. The Morgan fingerprint density at radius 2 is 1.40 bits per heavy atom. The number of rotatable bonds is 3. The molecule has 2 aliphatic carbocycles. The molecule has 6 unspecified atom stereocenters. The monoisotopic (exact) mass is 570 g/mol. The standard InChI is InChI=1S/C20H19NO2.C18H16FN/c1-12-5-2-6-13(11-12)18-15-8-3-7-14(15)16-9-4-10-17(20(22)23)19(16)21-18;19-16-10-3-1-7-15(16)18-14-9-5-8-12(14)13-6-2-4-11-17(13)20-18/h2-7,9-11,14-15,18,21H,8H2,1H3,(H,22,23);1-8,10-12,14,18,20H,9H2. The molecule has 4 nitrogen and oxygen atoms in total. The van der Waals surface area contributed by atoms with E-state index in [9.17, 15) is 14.3 Å². The van der Waals surface area contributed by atoms with Gasteiger partial charge in [0.2, 0.25) is 0 Å². The maximum absolute atomic E-state index is 14.1. The third-order valence-corrected chi connectivity index (χ3v) is 9.54. The number of aryl methyl sites for hydroxylation is 1. The van der Waals surface area contributed by atoms with Crippen LogP contribution in [0.3, 0.4) is 0 Å². The quantitative estimate of drug-likeness (QED) is 0.215. The summed E-state index contributed by atoms with van der Waals surface area (Å²) >= 11 is 0. The smallest absolute Gasteiger partial charge is 0.337 e. The average Bonchev–Trinajstić information content (AvgIpc) is 3.72. The number of aromatic carboxylic acids is 1. The zero-order valence-corrected chi connectivity index (χ0v) is 24.1. The number of carboxylic acid groups (broad SMARTS) is 1. The van der Waals surface area contributed by atoms with E-state index < -0.39 is 5.97 Å². The van der Waals surface area contributed by atoms with Gasteiger partial charge in [-0.25, -0.2) is 9.18 Å². The zero-order chi connectivity index (χ0) is 29.5. The van der Waals surface area contributed by atoms with E-state index in [-0.39, 0.29) is 23.8 Å². The molecule has 2 heterocycles. The van der Waals surface area contributed by atoms with Gasteiger partial charge >= 0.3 is 5.97 Å². The van der Waals surface area contributed by atoms with Gasteiger partial charge in [0.25, 0.3) is 0 Å². The Hall–Kier alpha value is -4.64.